The molecular weight excluding hydrogens is 166 g/mol. The summed E-state index contributed by atoms with van der Waals surface area (Å²) in [6.45, 7) is 1.79. The summed E-state index contributed by atoms with van der Waals surface area (Å²) in [6.07, 6.45) is 0. The Morgan fingerprint density at radius 1 is 1.23 bits per heavy atom. The molecule has 0 saturated heterocycles. The average molecular weight is 175 g/mol. The van der Waals surface area contributed by atoms with E-state index in [0.717, 1.165) is 11.4 Å². The van der Waals surface area contributed by atoms with Crippen molar-refractivity contribution in [3.05, 3.63) is 30.1 Å². The van der Waals surface area contributed by atoms with Crippen LogP contribution >= 0.6 is 0 Å². The standard InChI is InChI=1S/C8H9N5/c1-6-10-12-13(11-6)8-4-2-7(9)3-5-8/h2-5H,9H2,1H3. The molecule has 0 aliphatic carbocycles. The van der Waals surface area contributed by atoms with E-state index in [4.69, 9.17) is 5.73 Å². The van der Waals surface area contributed by atoms with Crippen molar-refractivity contribution < 1.29 is 0 Å². The molecule has 2 N–H and O–H groups in total. The van der Waals surface area contributed by atoms with Gasteiger partial charge in [0.15, 0.2) is 5.82 Å². The Kier molecular flexibility index (Phi) is 1.70. The van der Waals surface area contributed by atoms with E-state index in [1.54, 1.807) is 19.1 Å². The van der Waals surface area contributed by atoms with Gasteiger partial charge in [0, 0.05) is 5.69 Å². The second-order valence-electron chi connectivity index (χ2n) is 2.72. The number of anilines is 1. The van der Waals surface area contributed by atoms with Crippen molar-refractivity contribution >= 4 is 5.69 Å². The summed E-state index contributed by atoms with van der Waals surface area (Å²) >= 11 is 0. The first-order chi connectivity index (χ1) is 6.25. The second-order valence-corrected chi connectivity index (χ2v) is 2.72. The van der Waals surface area contributed by atoms with Crippen LogP contribution in [0.25, 0.3) is 5.69 Å². The van der Waals surface area contributed by atoms with Gasteiger partial charge in [0.25, 0.3) is 0 Å². The van der Waals surface area contributed by atoms with Crippen LogP contribution in [0.1, 0.15) is 5.82 Å². The SMILES string of the molecule is Cc1nnn(-c2ccc(N)cc2)n1. The largest absolute Gasteiger partial charge is 0.399 e. The number of rotatable bonds is 1. The fourth-order valence-corrected chi connectivity index (χ4v) is 1.00. The van der Waals surface area contributed by atoms with Gasteiger partial charge in [-0.25, -0.2) is 0 Å². The summed E-state index contributed by atoms with van der Waals surface area (Å²) in [5.74, 6) is 0.650. The molecule has 1 aromatic carbocycles. The normalized spacial score (nSPS) is 10.2. The molecule has 0 spiro atoms. The van der Waals surface area contributed by atoms with E-state index in [9.17, 15) is 0 Å². The van der Waals surface area contributed by atoms with Crippen molar-refractivity contribution in [2.24, 2.45) is 0 Å². The molecule has 0 fully saturated rings. The lowest BCUT2D eigenvalue weighted by Crippen LogP contribution is -1.99. The summed E-state index contributed by atoms with van der Waals surface area (Å²) < 4.78 is 0. The lowest BCUT2D eigenvalue weighted by molar-refractivity contribution is 0.719. The molecule has 0 unspecified atom stereocenters. The highest BCUT2D eigenvalue weighted by molar-refractivity contribution is 5.43. The Labute approximate surface area is 75.2 Å². The Balaban J connectivity index is 2.41. The number of aromatic nitrogens is 4. The third kappa shape index (κ3) is 1.48. The third-order valence-corrected chi connectivity index (χ3v) is 1.64. The number of hydrogen-bond donors (Lipinski definition) is 1. The smallest absolute Gasteiger partial charge is 0.172 e. The fourth-order valence-electron chi connectivity index (χ4n) is 1.00. The van der Waals surface area contributed by atoms with Crippen molar-refractivity contribution in [2.75, 3.05) is 5.73 Å². The van der Waals surface area contributed by atoms with Gasteiger partial charge in [0.05, 0.1) is 5.69 Å². The van der Waals surface area contributed by atoms with Gasteiger partial charge in [0.2, 0.25) is 0 Å². The molecular formula is C8H9N5. The molecule has 0 radical (unpaired) electrons. The van der Waals surface area contributed by atoms with E-state index < -0.39 is 0 Å². The zero-order valence-corrected chi connectivity index (χ0v) is 7.18. The fraction of sp³-hybridized carbons (Fsp3) is 0.125. The number of benzene rings is 1. The van der Waals surface area contributed by atoms with Crippen LogP contribution in [0.3, 0.4) is 0 Å². The van der Waals surface area contributed by atoms with Crippen molar-refractivity contribution in [1.29, 1.82) is 0 Å². The van der Waals surface area contributed by atoms with Gasteiger partial charge in [0.1, 0.15) is 0 Å². The van der Waals surface area contributed by atoms with Gasteiger partial charge in [-0.1, -0.05) is 0 Å². The van der Waals surface area contributed by atoms with E-state index >= 15 is 0 Å². The van der Waals surface area contributed by atoms with Crippen LogP contribution < -0.4 is 5.73 Å². The molecule has 0 bridgehead atoms. The summed E-state index contributed by atoms with van der Waals surface area (Å²) in [4.78, 5) is 1.47. The van der Waals surface area contributed by atoms with Crippen LogP contribution in [0.2, 0.25) is 0 Å². The maximum Gasteiger partial charge on any atom is 0.172 e. The molecule has 0 aliphatic rings. The molecule has 0 aliphatic heterocycles. The summed E-state index contributed by atoms with van der Waals surface area (Å²) in [6, 6.07) is 7.29. The zero-order chi connectivity index (χ0) is 9.26. The van der Waals surface area contributed by atoms with Gasteiger partial charge in [-0.05, 0) is 36.4 Å². The third-order valence-electron chi connectivity index (χ3n) is 1.64. The number of hydrogen-bond acceptors (Lipinski definition) is 4. The Morgan fingerprint density at radius 3 is 2.46 bits per heavy atom. The predicted octanol–water partition coefficient (Wildman–Crippen LogP) is 0.553. The zero-order valence-electron chi connectivity index (χ0n) is 7.18. The van der Waals surface area contributed by atoms with Crippen LogP contribution in [0.5, 0.6) is 0 Å². The molecule has 0 saturated carbocycles. The molecule has 13 heavy (non-hydrogen) atoms. The van der Waals surface area contributed by atoms with Gasteiger partial charge in [-0.15, -0.1) is 15.0 Å². The number of tetrazole rings is 1. The highest BCUT2D eigenvalue weighted by Crippen LogP contribution is 2.07. The minimum atomic E-state index is 0.650. The first-order valence-electron chi connectivity index (χ1n) is 3.88. The Hall–Kier alpha value is -1.91. The minimum absolute atomic E-state index is 0.650. The topological polar surface area (TPSA) is 69.6 Å². The molecule has 1 heterocycles. The minimum Gasteiger partial charge on any atom is -0.399 e. The quantitative estimate of drug-likeness (QED) is 0.642. The Morgan fingerprint density at radius 2 is 1.92 bits per heavy atom. The van der Waals surface area contributed by atoms with Gasteiger partial charge in [-0.3, -0.25) is 0 Å². The number of nitrogens with zero attached hydrogens (tertiary/aromatic N) is 4. The van der Waals surface area contributed by atoms with Gasteiger partial charge >= 0.3 is 0 Å². The highest BCUT2D eigenvalue weighted by Gasteiger charge is 1.99. The first-order valence-corrected chi connectivity index (χ1v) is 3.88. The molecule has 5 heteroatoms. The molecule has 5 nitrogen and oxygen atoms in total. The summed E-state index contributed by atoms with van der Waals surface area (Å²) in [5.41, 5.74) is 7.12. The number of nitrogen functional groups attached to an aromatic ring is 1. The molecule has 2 rings (SSSR count). The van der Waals surface area contributed by atoms with Crippen molar-refractivity contribution in [3.8, 4) is 5.69 Å². The van der Waals surface area contributed by atoms with E-state index in [-0.39, 0.29) is 0 Å². The first kappa shape index (κ1) is 7.72. The van der Waals surface area contributed by atoms with E-state index in [2.05, 4.69) is 15.4 Å². The summed E-state index contributed by atoms with van der Waals surface area (Å²) in [5, 5.41) is 11.7. The predicted molar refractivity (Wildman–Crippen MR) is 48.3 cm³/mol. The lowest BCUT2D eigenvalue weighted by atomic mass is 10.3. The number of aryl methyl sites for hydroxylation is 1. The van der Waals surface area contributed by atoms with Crippen LogP contribution in [-0.4, -0.2) is 20.2 Å². The van der Waals surface area contributed by atoms with Crippen LogP contribution in [0, 0.1) is 6.92 Å². The maximum absolute atomic E-state index is 5.54. The van der Waals surface area contributed by atoms with Crippen LogP contribution in [0.4, 0.5) is 5.69 Å². The van der Waals surface area contributed by atoms with E-state index in [1.165, 1.54) is 4.80 Å². The summed E-state index contributed by atoms with van der Waals surface area (Å²) in [7, 11) is 0. The molecule has 0 amide bonds. The molecule has 1 aromatic heterocycles. The average Bonchev–Trinajstić information content (AvgIpc) is 2.53. The van der Waals surface area contributed by atoms with E-state index in [0.29, 0.717) is 5.82 Å². The van der Waals surface area contributed by atoms with Crippen molar-refractivity contribution in [2.45, 2.75) is 6.92 Å². The van der Waals surface area contributed by atoms with Crippen molar-refractivity contribution in [1.82, 2.24) is 20.2 Å². The molecule has 66 valence electrons. The lowest BCUT2D eigenvalue weighted by Gasteiger charge is -1.97. The maximum atomic E-state index is 5.54. The monoisotopic (exact) mass is 175 g/mol. The van der Waals surface area contributed by atoms with Gasteiger partial charge in [-0.2, -0.15) is 0 Å². The number of nitrogens with two attached hydrogens (primary N) is 1. The van der Waals surface area contributed by atoms with Crippen molar-refractivity contribution in [3.63, 3.8) is 0 Å². The Bertz CT molecular complexity index is 403. The molecule has 0 atom stereocenters. The van der Waals surface area contributed by atoms with Crippen LogP contribution in [-0.2, 0) is 0 Å². The highest BCUT2D eigenvalue weighted by atomic mass is 15.6. The second kappa shape index (κ2) is 2.85. The van der Waals surface area contributed by atoms with Gasteiger partial charge < -0.3 is 5.73 Å². The molecule has 2 aromatic rings. The van der Waals surface area contributed by atoms with E-state index in [1.807, 2.05) is 12.1 Å². The van der Waals surface area contributed by atoms with Crippen LogP contribution in [0.15, 0.2) is 24.3 Å².